The average Bonchev–Trinajstić information content (AvgIpc) is 3.57. The third-order valence-electron chi connectivity index (χ3n) is 8.66. The fourth-order valence-corrected chi connectivity index (χ4v) is 6.78. The average molecular weight is 535 g/mol. The first-order valence-corrected chi connectivity index (χ1v) is 14.5. The number of para-hydroxylation sites is 2. The number of rotatable bonds is 3. The van der Waals surface area contributed by atoms with Crippen molar-refractivity contribution < 1.29 is 0 Å². The molecule has 0 aliphatic rings. The summed E-state index contributed by atoms with van der Waals surface area (Å²) < 4.78 is 4.93. The lowest BCUT2D eigenvalue weighted by Gasteiger charge is -2.12. The van der Waals surface area contributed by atoms with Crippen molar-refractivity contribution in [2.45, 2.75) is 0 Å². The van der Waals surface area contributed by atoms with Crippen molar-refractivity contribution in [1.82, 2.24) is 9.13 Å². The third-order valence-corrected chi connectivity index (χ3v) is 8.66. The third kappa shape index (κ3) is 3.33. The van der Waals surface area contributed by atoms with E-state index in [1.165, 1.54) is 65.5 Å². The highest BCUT2D eigenvalue weighted by Crippen LogP contribution is 2.43. The van der Waals surface area contributed by atoms with E-state index in [1.807, 2.05) is 0 Å². The molecule has 42 heavy (non-hydrogen) atoms. The van der Waals surface area contributed by atoms with Crippen LogP contribution in [-0.2, 0) is 0 Å². The minimum Gasteiger partial charge on any atom is -0.307 e. The van der Waals surface area contributed by atoms with Gasteiger partial charge in [-0.1, -0.05) is 109 Å². The summed E-state index contributed by atoms with van der Waals surface area (Å²) in [7, 11) is 0. The zero-order valence-corrected chi connectivity index (χ0v) is 22.9. The van der Waals surface area contributed by atoms with Crippen LogP contribution in [0.15, 0.2) is 158 Å². The molecule has 0 radical (unpaired) electrons. The zero-order valence-electron chi connectivity index (χ0n) is 22.9. The molecule has 2 heterocycles. The van der Waals surface area contributed by atoms with Gasteiger partial charge in [0.1, 0.15) is 0 Å². The second-order valence-electron chi connectivity index (χ2n) is 11.0. The molecule has 9 rings (SSSR count). The summed E-state index contributed by atoms with van der Waals surface area (Å²) in [5.74, 6) is 0. The van der Waals surface area contributed by atoms with Gasteiger partial charge >= 0.3 is 0 Å². The molecule has 9 aromatic rings. The van der Waals surface area contributed by atoms with Gasteiger partial charge in [0.2, 0.25) is 0 Å². The van der Waals surface area contributed by atoms with Crippen LogP contribution in [0.3, 0.4) is 0 Å². The minimum absolute atomic E-state index is 1.16. The summed E-state index contributed by atoms with van der Waals surface area (Å²) in [5.41, 5.74) is 9.66. The maximum Gasteiger partial charge on any atom is 0.0788 e. The minimum atomic E-state index is 1.16. The monoisotopic (exact) mass is 534 g/mol. The van der Waals surface area contributed by atoms with Crippen molar-refractivity contribution in [2.75, 3.05) is 0 Å². The van der Waals surface area contributed by atoms with E-state index < -0.39 is 0 Å². The molecule has 0 amide bonds. The van der Waals surface area contributed by atoms with Gasteiger partial charge in [-0.25, -0.2) is 0 Å². The first-order chi connectivity index (χ1) is 20.8. The molecule has 0 aliphatic carbocycles. The predicted molar refractivity (Wildman–Crippen MR) is 178 cm³/mol. The first-order valence-electron chi connectivity index (χ1n) is 14.5. The number of nitrogens with zero attached hydrogens (tertiary/aromatic N) is 2. The van der Waals surface area contributed by atoms with E-state index in [-0.39, 0.29) is 0 Å². The smallest absolute Gasteiger partial charge is 0.0788 e. The van der Waals surface area contributed by atoms with Gasteiger partial charge in [0.15, 0.2) is 0 Å². The Morgan fingerprint density at radius 2 is 0.810 bits per heavy atom. The standard InChI is InChI=1S/C40H26N2/c1-4-12-27(13-5-1)30-20-23-37-35(25-30)33-21-22-34-36-24-28-14-10-11-15-29(28)26-38(36)42(32-18-8-3-9-19-32)40(34)39(33)41(37)31-16-6-2-7-17-31/h1-26H. The molecule has 2 nitrogen and oxygen atoms in total. The van der Waals surface area contributed by atoms with Crippen LogP contribution in [0.2, 0.25) is 0 Å². The van der Waals surface area contributed by atoms with Gasteiger partial charge in [0.05, 0.1) is 22.1 Å². The van der Waals surface area contributed by atoms with Crippen molar-refractivity contribution in [2.24, 2.45) is 0 Å². The second-order valence-corrected chi connectivity index (χ2v) is 11.0. The molecular weight excluding hydrogens is 508 g/mol. The quantitative estimate of drug-likeness (QED) is 0.213. The highest BCUT2D eigenvalue weighted by atomic mass is 15.0. The predicted octanol–water partition coefficient (Wildman–Crippen LogP) is 10.7. The number of aromatic nitrogens is 2. The van der Waals surface area contributed by atoms with Gasteiger partial charge in [-0.05, 0) is 70.4 Å². The zero-order chi connectivity index (χ0) is 27.6. The van der Waals surface area contributed by atoms with Crippen LogP contribution in [0.4, 0.5) is 0 Å². The van der Waals surface area contributed by atoms with Crippen LogP contribution in [0, 0.1) is 0 Å². The lowest BCUT2D eigenvalue weighted by Crippen LogP contribution is -1.98. The van der Waals surface area contributed by atoms with Crippen molar-refractivity contribution in [3.05, 3.63) is 158 Å². The summed E-state index contributed by atoms with van der Waals surface area (Å²) in [4.78, 5) is 0. The molecule has 0 saturated carbocycles. The Morgan fingerprint density at radius 3 is 1.43 bits per heavy atom. The van der Waals surface area contributed by atoms with E-state index >= 15 is 0 Å². The van der Waals surface area contributed by atoms with E-state index in [4.69, 9.17) is 0 Å². The largest absolute Gasteiger partial charge is 0.307 e. The Labute approximate surface area is 243 Å². The van der Waals surface area contributed by atoms with Gasteiger partial charge in [-0.15, -0.1) is 0 Å². The van der Waals surface area contributed by atoms with Crippen molar-refractivity contribution in [3.63, 3.8) is 0 Å². The Hall–Kier alpha value is -5.60. The number of hydrogen-bond acceptors (Lipinski definition) is 0. The van der Waals surface area contributed by atoms with E-state index in [2.05, 4.69) is 167 Å². The molecule has 0 aliphatic heterocycles. The van der Waals surface area contributed by atoms with E-state index in [9.17, 15) is 0 Å². The van der Waals surface area contributed by atoms with Crippen LogP contribution in [0.25, 0.3) is 76.9 Å². The molecule has 0 bridgehead atoms. The van der Waals surface area contributed by atoms with Gasteiger partial charge in [-0.3, -0.25) is 0 Å². The van der Waals surface area contributed by atoms with Crippen molar-refractivity contribution >= 4 is 54.4 Å². The van der Waals surface area contributed by atoms with Crippen molar-refractivity contribution in [3.8, 4) is 22.5 Å². The Morgan fingerprint density at radius 1 is 0.310 bits per heavy atom. The SMILES string of the molecule is c1ccc(-c2ccc3c(c2)c2ccc4c5cc6ccccc6cc5n(-c5ccccc5)c4c2n3-c2ccccc2)cc1. The van der Waals surface area contributed by atoms with Crippen molar-refractivity contribution in [1.29, 1.82) is 0 Å². The number of fused-ring (bicyclic) bond motifs is 8. The fourth-order valence-electron chi connectivity index (χ4n) is 6.78. The van der Waals surface area contributed by atoms with Gasteiger partial charge in [0, 0.05) is 32.9 Å². The highest BCUT2D eigenvalue weighted by molar-refractivity contribution is 6.25. The van der Waals surface area contributed by atoms with E-state index in [0.717, 1.165) is 11.4 Å². The van der Waals surface area contributed by atoms with Crippen LogP contribution < -0.4 is 0 Å². The summed E-state index contributed by atoms with van der Waals surface area (Å²) in [6, 6.07) is 57.2. The lowest BCUT2D eigenvalue weighted by atomic mass is 10.0. The maximum absolute atomic E-state index is 2.47. The van der Waals surface area contributed by atoms with E-state index in [1.54, 1.807) is 0 Å². The molecule has 7 aromatic carbocycles. The van der Waals surface area contributed by atoms with Gasteiger partial charge in [-0.2, -0.15) is 0 Å². The van der Waals surface area contributed by atoms with E-state index in [0.29, 0.717) is 0 Å². The molecule has 0 N–H and O–H groups in total. The maximum atomic E-state index is 2.47. The molecule has 0 spiro atoms. The van der Waals surface area contributed by atoms with Crippen LogP contribution in [0.1, 0.15) is 0 Å². The highest BCUT2D eigenvalue weighted by Gasteiger charge is 2.22. The molecule has 0 fully saturated rings. The molecule has 196 valence electrons. The number of benzene rings is 7. The Balaban J connectivity index is 1.52. The molecule has 0 atom stereocenters. The molecule has 2 aromatic heterocycles. The first kappa shape index (κ1) is 23.1. The number of hydrogen-bond donors (Lipinski definition) is 0. The van der Waals surface area contributed by atoms with Gasteiger partial charge < -0.3 is 9.13 Å². The van der Waals surface area contributed by atoms with Crippen LogP contribution >= 0.6 is 0 Å². The molecular formula is C40H26N2. The summed E-state index contributed by atoms with van der Waals surface area (Å²) >= 11 is 0. The Kier molecular flexibility index (Phi) is 4.93. The second kappa shape index (κ2) is 8.95. The summed E-state index contributed by atoms with van der Waals surface area (Å²) in [6.45, 7) is 0. The van der Waals surface area contributed by atoms with Crippen LogP contribution in [-0.4, -0.2) is 9.13 Å². The summed E-state index contributed by atoms with van der Waals surface area (Å²) in [6.07, 6.45) is 0. The molecule has 0 unspecified atom stereocenters. The molecule has 0 saturated heterocycles. The lowest BCUT2D eigenvalue weighted by molar-refractivity contribution is 1.15. The fraction of sp³-hybridized carbons (Fsp3) is 0. The van der Waals surface area contributed by atoms with Crippen LogP contribution in [0.5, 0.6) is 0 Å². The Bertz CT molecular complexity index is 2430. The molecule has 2 heteroatoms. The summed E-state index contributed by atoms with van der Waals surface area (Å²) in [5, 5.41) is 7.54. The topological polar surface area (TPSA) is 9.86 Å². The normalized spacial score (nSPS) is 11.8. The van der Waals surface area contributed by atoms with Gasteiger partial charge in [0.25, 0.3) is 0 Å².